The van der Waals surface area contributed by atoms with Crippen molar-refractivity contribution in [1.29, 1.82) is 0 Å². The Labute approximate surface area is 216 Å². The number of hydrogen-bond donors (Lipinski definition) is 1. The van der Waals surface area contributed by atoms with Crippen LogP contribution in [0.25, 0.3) is 11.1 Å². The number of esters is 1. The fourth-order valence-corrected chi connectivity index (χ4v) is 5.74. The molecule has 0 amide bonds. The quantitative estimate of drug-likeness (QED) is 0.246. The number of carbonyl (C=O) groups is 1. The molecule has 0 spiro atoms. The van der Waals surface area contributed by atoms with Crippen molar-refractivity contribution in [3.05, 3.63) is 72.3 Å². The summed E-state index contributed by atoms with van der Waals surface area (Å²) in [5.74, 6) is 0.108. The van der Waals surface area contributed by atoms with Crippen molar-refractivity contribution in [3.8, 4) is 11.1 Å². The Morgan fingerprint density at radius 3 is 2.44 bits per heavy atom. The smallest absolute Gasteiger partial charge is 0.305 e. The number of nitrogens with zero attached hydrogens (tertiary/aromatic N) is 1. The molecule has 2 aromatic rings. The first kappa shape index (κ1) is 26.6. The van der Waals surface area contributed by atoms with Crippen LogP contribution >= 0.6 is 0 Å². The van der Waals surface area contributed by atoms with Crippen LogP contribution in [0.2, 0.25) is 0 Å². The Kier molecular flexibility index (Phi) is 10.1. The summed E-state index contributed by atoms with van der Waals surface area (Å²) < 4.78 is 11.2. The highest BCUT2D eigenvalue weighted by molar-refractivity contribution is 5.69. The maximum Gasteiger partial charge on any atom is 0.305 e. The van der Waals surface area contributed by atoms with Crippen molar-refractivity contribution in [2.75, 3.05) is 20.2 Å². The van der Waals surface area contributed by atoms with E-state index < -0.39 is 0 Å². The van der Waals surface area contributed by atoms with Crippen LogP contribution in [0.3, 0.4) is 0 Å². The van der Waals surface area contributed by atoms with Crippen molar-refractivity contribution < 1.29 is 19.4 Å². The summed E-state index contributed by atoms with van der Waals surface area (Å²) in [5, 5.41) is 11.1. The van der Waals surface area contributed by atoms with Gasteiger partial charge in [-0.3, -0.25) is 9.69 Å². The van der Waals surface area contributed by atoms with E-state index in [0.717, 1.165) is 37.9 Å². The Morgan fingerprint density at radius 1 is 1.00 bits per heavy atom. The monoisotopic (exact) mass is 491 g/mol. The van der Waals surface area contributed by atoms with Crippen molar-refractivity contribution in [1.82, 2.24) is 4.90 Å². The molecule has 194 valence electrons. The molecule has 0 radical (unpaired) electrons. The first-order valence-electron chi connectivity index (χ1n) is 13.6. The number of benzene rings is 2. The highest BCUT2D eigenvalue weighted by Gasteiger charge is 2.45. The molecule has 5 nitrogen and oxygen atoms in total. The lowest BCUT2D eigenvalue weighted by molar-refractivity contribution is -0.140. The molecule has 1 N–H and O–H groups in total. The van der Waals surface area contributed by atoms with Gasteiger partial charge in [0, 0.05) is 24.8 Å². The summed E-state index contributed by atoms with van der Waals surface area (Å²) in [5.41, 5.74) is 3.57. The molecule has 36 heavy (non-hydrogen) atoms. The zero-order valence-corrected chi connectivity index (χ0v) is 21.6. The molecule has 1 aliphatic carbocycles. The molecule has 2 aromatic carbocycles. The van der Waals surface area contributed by atoms with Crippen LogP contribution in [0.5, 0.6) is 0 Å². The number of rotatable bonds is 11. The molecule has 1 aliphatic heterocycles. The molecular weight excluding hydrogens is 450 g/mol. The van der Waals surface area contributed by atoms with Crippen LogP contribution in [0, 0.1) is 5.92 Å². The number of unbranched alkanes of at least 4 members (excludes halogenated alkanes) is 1. The molecule has 1 saturated heterocycles. The lowest BCUT2D eigenvalue weighted by Crippen LogP contribution is -2.47. The van der Waals surface area contributed by atoms with Gasteiger partial charge in [-0.05, 0) is 61.9 Å². The topological polar surface area (TPSA) is 59.0 Å². The van der Waals surface area contributed by atoms with Crippen LogP contribution in [0.1, 0.15) is 56.9 Å². The van der Waals surface area contributed by atoms with Crippen LogP contribution in [0.4, 0.5) is 0 Å². The minimum Gasteiger partial charge on any atom is -0.469 e. The molecule has 4 rings (SSSR count). The average molecular weight is 492 g/mol. The summed E-state index contributed by atoms with van der Waals surface area (Å²) in [7, 11) is 1.43. The molecule has 0 aromatic heterocycles. The van der Waals surface area contributed by atoms with E-state index in [9.17, 15) is 9.90 Å². The van der Waals surface area contributed by atoms with Crippen LogP contribution in [0.15, 0.2) is 66.7 Å². The maximum atomic E-state index is 11.3. The second-order valence-electron chi connectivity index (χ2n) is 10.1. The minimum absolute atomic E-state index is 0.0282. The zero-order valence-electron chi connectivity index (χ0n) is 21.6. The molecule has 1 heterocycles. The standard InChI is InChI=1S/C31H41NO4/c1-35-30(34)15-9-3-2-8-14-27-29(22-28(33)31(27)32-20-10-5-11-21-32)36-23-24-16-18-26(19-17-24)25-12-6-4-7-13-25/h2,4,6-8,12-13,16-19,27-29,31,33H,3,5,9-11,14-15,20-23H2,1H3/t27-,28+,29-,31+/m0/s1. The largest absolute Gasteiger partial charge is 0.469 e. The van der Waals surface area contributed by atoms with Gasteiger partial charge in [-0.1, -0.05) is 73.2 Å². The van der Waals surface area contributed by atoms with Gasteiger partial charge in [0.05, 0.1) is 25.9 Å². The number of methoxy groups -OCH3 is 1. The van der Waals surface area contributed by atoms with Gasteiger partial charge in [-0.2, -0.15) is 0 Å². The van der Waals surface area contributed by atoms with Crippen molar-refractivity contribution >= 4 is 5.97 Å². The first-order valence-corrected chi connectivity index (χ1v) is 13.6. The zero-order chi connectivity index (χ0) is 25.2. The lowest BCUT2D eigenvalue weighted by Gasteiger charge is -2.37. The number of carbonyl (C=O) groups excluding carboxylic acids is 1. The van der Waals surface area contributed by atoms with Gasteiger partial charge in [0.2, 0.25) is 0 Å². The molecule has 0 bridgehead atoms. The number of ether oxygens (including phenoxy) is 2. The number of likely N-dealkylation sites (tertiary alicyclic amines) is 1. The Morgan fingerprint density at radius 2 is 1.72 bits per heavy atom. The van der Waals surface area contributed by atoms with Gasteiger partial charge in [-0.25, -0.2) is 0 Å². The van der Waals surface area contributed by atoms with E-state index in [2.05, 4.69) is 65.6 Å². The maximum absolute atomic E-state index is 11.3. The SMILES string of the molecule is COC(=O)CCCC=CC[C@@H]1[C@@H](N2CCCCC2)[C@H](O)C[C@@H]1OCc1ccc(-c2ccccc2)cc1. The van der Waals surface area contributed by atoms with E-state index in [-0.39, 0.29) is 30.1 Å². The number of aliphatic hydroxyl groups excluding tert-OH is 1. The van der Waals surface area contributed by atoms with E-state index in [0.29, 0.717) is 19.4 Å². The summed E-state index contributed by atoms with van der Waals surface area (Å²) >= 11 is 0. The van der Waals surface area contributed by atoms with E-state index >= 15 is 0 Å². The van der Waals surface area contributed by atoms with Crippen molar-refractivity contribution in [3.63, 3.8) is 0 Å². The van der Waals surface area contributed by atoms with Crippen LogP contribution in [-0.2, 0) is 20.9 Å². The Bertz CT molecular complexity index is 952. The predicted molar refractivity (Wildman–Crippen MR) is 143 cm³/mol. The summed E-state index contributed by atoms with van der Waals surface area (Å²) in [6, 6.07) is 19.2. The molecule has 1 saturated carbocycles. The van der Waals surface area contributed by atoms with E-state index in [1.54, 1.807) is 0 Å². The molecule has 4 atom stereocenters. The van der Waals surface area contributed by atoms with E-state index in [1.807, 2.05) is 6.07 Å². The third-order valence-electron chi connectivity index (χ3n) is 7.68. The summed E-state index contributed by atoms with van der Waals surface area (Å²) in [6.07, 6.45) is 11.4. The molecular formula is C31H41NO4. The Balaban J connectivity index is 1.37. The Hall–Kier alpha value is -2.47. The number of aliphatic hydroxyl groups is 1. The number of hydrogen-bond acceptors (Lipinski definition) is 5. The summed E-state index contributed by atoms with van der Waals surface area (Å²) in [4.78, 5) is 13.8. The van der Waals surface area contributed by atoms with Gasteiger partial charge < -0.3 is 14.6 Å². The van der Waals surface area contributed by atoms with Gasteiger partial charge >= 0.3 is 5.97 Å². The second-order valence-corrected chi connectivity index (χ2v) is 10.1. The fraction of sp³-hybridized carbons (Fsp3) is 0.516. The van der Waals surface area contributed by atoms with Gasteiger partial charge in [0.25, 0.3) is 0 Å². The second kappa shape index (κ2) is 13.7. The van der Waals surface area contributed by atoms with E-state index in [4.69, 9.17) is 9.47 Å². The van der Waals surface area contributed by atoms with E-state index in [1.165, 1.54) is 37.5 Å². The lowest BCUT2D eigenvalue weighted by atomic mass is 9.93. The predicted octanol–water partition coefficient (Wildman–Crippen LogP) is 5.76. The average Bonchev–Trinajstić information content (AvgIpc) is 3.25. The van der Waals surface area contributed by atoms with Gasteiger partial charge in [0.1, 0.15) is 0 Å². The molecule has 5 heteroatoms. The normalized spacial score (nSPS) is 24.8. The van der Waals surface area contributed by atoms with Crippen LogP contribution in [-0.4, -0.2) is 54.4 Å². The van der Waals surface area contributed by atoms with Crippen molar-refractivity contribution in [2.24, 2.45) is 5.92 Å². The highest BCUT2D eigenvalue weighted by atomic mass is 16.5. The third kappa shape index (κ3) is 7.28. The van der Waals surface area contributed by atoms with Gasteiger partial charge in [0.15, 0.2) is 0 Å². The minimum atomic E-state index is -0.355. The molecule has 2 aliphatic rings. The van der Waals surface area contributed by atoms with Crippen LogP contribution < -0.4 is 0 Å². The fourth-order valence-electron chi connectivity index (χ4n) is 5.74. The highest BCUT2D eigenvalue weighted by Crippen LogP contribution is 2.37. The number of piperidine rings is 1. The molecule has 2 fully saturated rings. The summed E-state index contributed by atoms with van der Waals surface area (Å²) in [6.45, 7) is 2.68. The first-order chi connectivity index (χ1) is 17.7. The number of allylic oxidation sites excluding steroid dienone is 2. The third-order valence-corrected chi connectivity index (χ3v) is 7.68. The van der Waals surface area contributed by atoms with Crippen molar-refractivity contribution in [2.45, 2.75) is 76.2 Å². The van der Waals surface area contributed by atoms with Gasteiger partial charge in [-0.15, -0.1) is 0 Å². The molecule has 0 unspecified atom stereocenters.